The molecule has 1 unspecified atom stereocenters. The van der Waals surface area contributed by atoms with Crippen molar-refractivity contribution in [1.29, 1.82) is 0 Å². The molecule has 4 rings (SSSR count). The van der Waals surface area contributed by atoms with Gasteiger partial charge in [-0.1, -0.05) is 43.8 Å². The molecule has 10 heteroatoms. The molecule has 2 amide bonds. The second kappa shape index (κ2) is 11.9. The summed E-state index contributed by atoms with van der Waals surface area (Å²) in [4.78, 5) is 23.5. The molecule has 3 heterocycles. The van der Waals surface area contributed by atoms with Gasteiger partial charge in [0.2, 0.25) is 5.95 Å². The summed E-state index contributed by atoms with van der Waals surface area (Å²) in [7, 11) is 0. The van der Waals surface area contributed by atoms with E-state index in [0.29, 0.717) is 34.8 Å². The van der Waals surface area contributed by atoms with Crippen LogP contribution in [0.4, 0.5) is 22.2 Å². The van der Waals surface area contributed by atoms with Gasteiger partial charge in [0.25, 0.3) is 0 Å². The van der Waals surface area contributed by atoms with Crippen molar-refractivity contribution in [2.75, 3.05) is 48.8 Å². The molecule has 3 aromatic rings. The van der Waals surface area contributed by atoms with Crippen molar-refractivity contribution in [3.05, 3.63) is 59.6 Å². The number of urea groups is 1. The van der Waals surface area contributed by atoms with Crippen LogP contribution >= 0.6 is 0 Å². The predicted octanol–water partition coefficient (Wildman–Crippen LogP) is 3.94. The van der Waals surface area contributed by atoms with Crippen molar-refractivity contribution in [1.82, 2.24) is 20.0 Å². The fraction of sp³-hybridized carbons (Fsp3) is 0.407. The molecule has 1 aromatic carbocycles. The van der Waals surface area contributed by atoms with E-state index in [1.165, 1.54) is 0 Å². The van der Waals surface area contributed by atoms with E-state index >= 15 is 0 Å². The van der Waals surface area contributed by atoms with E-state index in [1.54, 1.807) is 30.6 Å². The normalized spacial score (nSPS) is 14.8. The van der Waals surface area contributed by atoms with Crippen LogP contribution in [-0.4, -0.2) is 64.9 Å². The van der Waals surface area contributed by atoms with Crippen molar-refractivity contribution in [2.45, 2.75) is 39.2 Å². The first-order chi connectivity index (χ1) is 17.8. The third-order valence-electron chi connectivity index (χ3n) is 5.84. The molecule has 0 spiro atoms. The summed E-state index contributed by atoms with van der Waals surface area (Å²) >= 11 is 0. The zero-order valence-corrected chi connectivity index (χ0v) is 21.7. The Kier molecular flexibility index (Phi) is 8.38. The Hall–Kier alpha value is -3.94. The first kappa shape index (κ1) is 26.1. The molecule has 37 heavy (non-hydrogen) atoms. The lowest BCUT2D eigenvalue weighted by Gasteiger charge is -2.32. The average Bonchev–Trinajstić information content (AvgIpc) is 3.36. The average molecular weight is 504 g/mol. The molecular formula is C27H33N7O3. The molecular weight excluding hydrogens is 470 g/mol. The van der Waals surface area contributed by atoms with Crippen LogP contribution in [-0.2, 0) is 10.2 Å². The second-order valence-electron chi connectivity index (χ2n) is 9.91. The van der Waals surface area contributed by atoms with Gasteiger partial charge >= 0.3 is 6.03 Å². The van der Waals surface area contributed by atoms with Gasteiger partial charge in [-0.15, -0.1) is 0 Å². The third-order valence-corrected chi connectivity index (χ3v) is 5.84. The lowest BCUT2D eigenvalue weighted by atomic mass is 9.93. The first-order valence-electron chi connectivity index (χ1n) is 12.3. The van der Waals surface area contributed by atoms with Gasteiger partial charge < -0.3 is 19.9 Å². The van der Waals surface area contributed by atoms with Crippen molar-refractivity contribution in [3.8, 4) is 11.8 Å². The lowest BCUT2D eigenvalue weighted by Crippen LogP contribution is -2.45. The maximum atomic E-state index is 12.4. The number of carbonyl (C=O) groups is 1. The van der Waals surface area contributed by atoms with Gasteiger partial charge in [-0.05, 0) is 25.1 Å². The summed E-state index contributed by atoms with van der Waals surface area (Å²) < 4.78 is 10.7. The number of rotatable bonds is 6. The van der Waals surface area contributed by atoms with Crippen molar-refractivity contribution in [2.24, 2.45) is 0 Å². The van der Waals surface area contributed by atoms with E-state index < -0.39 is 6.03 Å². The Balaban J connectivity index is 1.29. The third kappa shape index (κ3) is 7.77. The van der Waals surface area contributed by atoms with Gasteiger partial charge in [0, 0.05) is 60.8 Å². The molecule has 0 bridgehead atoms. The molecule has 1 aliphatic rings. The Labute approximate surface area is 217 Å². The van der Waals surface area contributed by atoms with Gasteiger partial charge in [0.05, 0.1) is 18.8 Å². The predicted molar refractivity (Wildman–Crippen MR) is 143 cm³/mol. The van der Waals surface area contributed by atoms with Crippen molar-refractivity contribution >= 4 is 23.5 Å². The molecule has 0 radical (unpaired) electrons. The number of ether oxygens (including phenoxy) is 1. The number of nitrogens with zero attached hydrogens (tertiary/aromatic N) is 4. The van der Waals surface area contributed by atoms with Gasteiger partial charge in [-0.25, -0.2) is 14.8 Å². The highest BCUT2D eigenvalue weighted by molar-refractivity contribution is 5.99. The number of carbonyl (C=O) groups excluding carboxylic acids is 1. The number of benzene rings is 1. The fourth-order valence-electron chi connectivity index (χ4n) is 3.66. The monoisotopic (exact) mass is 503 g/mol. The molecule has 1 fully saturated rings. The number of hydrogen-bond donors (Lipinski definition) is 3. The Morgan fingerprint density at radius 3 is 2.51 bits per heavy atom. The minimum Gasteiger partial charge on any atom is -0.379 e. The molecule has 1 aliphatic heterocycles. The Morgan fingerprint density at radius 1 is 1.08 bits per heavy atom. The highest BCUT2D eigenvalue weighted by atomic mass is 16.5. The Bertz CT molecular complexity index is 1250. The maximum absolute atomic E-state index is 12.4. The number of aromatic nitrogens is 3. The molecule has 3 N–H and O–H groups in total. The van der Waals surface area contributed by atoms with Crippen LogP contribution in [0.3, 0.4) is 0 Å². The quantitative estimate of drug-likeness (QED) is 0.433. The number of morpholine rings is 1. The number of amides is 2. The van der Waals surface area contributed by atoms with Crippen molar-refractivity contribution < 1.29 is 14.1 Å². The van der Waals surface area contributed by atoms with Gasteiger partial charge in [0.1, 0.15) is 5.76 Å². The van der Waals surface area contributed by atoms with Crippen LogP contribution in [0.5, 0.6) is 0 Å². The minimum atomic E-state index is -0.418. The molecule has 1 saturated heterocycles. The highest BCUT2D eigenvalue weighted by Crippen LogP contribution is 2.24. The van der Waals surface area contributed by atoms with Crippen LogP contribution in [0.25, 0.3) is 0 Å². The van der Waals surface area contributed by atoms with Crippen LogP contribution in [0.1, 0.15) is 44.6 Å². The van der Waals surface area contributed by atoms with E-state index in [1.807, 2.05) is 32.9 Å². The van der Waals surface area contributed by atoms with E-state index in [2.05, 4.69) is 54.7 Å². The van der Waals surface area contributed by atoms with Gasteiger partial charge in [0.15, 0.2) is 5.82 Å². The van der Waals surface area contributed by atoms with E-state index in [0.717, 1.165) is 38.4 Å². The van der Waals surface area contributed by atoms with Crippen LogP contribution in [0.15, 0.2) is 47.2 Å². The van der Waals surface area contributed by atoms with E-state index in [4.69, 9.17) is 9.26 Å². The topological polar surface area (TPSA) is 117 Å². The Morgan fingerprint density at radius 2 is 1.81 bits per heavy atom. The van der Waals surface area contributed by atoms with Gasteiger partial charge in [-0.2, -0.15) is 0 Å². The zero-order valence-electron chi connectivity index (χ0n) is 21.7. The fourth-order valence-corrected chi connectivity index (χ4v) is 3.66. The van der Waals surface area contributed by atoms with Crippen LogP contribution in [0, 0.1) is 11.8 Å². The van der Waals surface area contributed by atoms with Crippen LogP contribution in [0.2, 0.25) is 0 Å². The summed E-state index contributed by atoms with van der Waals surface area (Å²) in [5, 5.41) is 12.7. The molecule has 1 atom stereocenters. The second-order valence-corrected chi connectivity index (χ2v) is 9.91. The van der Waals surface area contributed by atoms with Crippen LogP contribution < -0.4 is 16.0 Å². The SMILES string of the molecule is CC(CNc1ncc(C#Cc2cccc(NC(=O)Nc3cc(C(C)(C)C)on3)c2)cn1)N1CCOCC1. The minimum absolute atomic E-state index is 0.195. The number of hydrogen-bond acceptors (Lipinski definition) is 8. The van der Waals surface area contributed by atoms with E-state index in [9.17, 15) is 4.79 Å². The van der Waals surface area contributed by atoms with E-state index in [-0.39, 0.29) is 5.41 Å². The molecule has 10 nitrogen and oxygen atoms in total. The smallest absolute Gasteiger partial charge is 0.324 e. The first-order valence-corrected chi connectivity index (χ1v) is 12.3. The molecule has 194 valence electrons. The molecule has 0 saturated carbocycles. The highest BCUT2D eigenvalue weighted by Gasteiger charge is 2.20. The summed E-state index contributed by atoms with van der Waals surface area (Å²) in [5.41, 5.74) is 1.85. The lowest BCUT2D eigenvalue weighted by molar-refractivity contribution is 0.0227. The largest absolute Gasteiger partial charge is 0.379 e. The van der Waals surface area contributed by atoms with Crippen molar-refractivity contribution in [3.63, 3.8) is 0 Å². The molecule has 2 aromatic heterocycles. The van der Waals surface area contributed by atoms with Gasteiger partial charge in [-0.3, -0.25) is 10.2 Å². The zero-order chi connectivity index (χ0) is 26.3. The summed E-state index contributed by atoms with van der Waals surface area (Å²) in [6.45, 7) is 12.4. The summed E-state index contributed by atoms with van der Waals surface area (Å²) in [5.74, 6) is 7.77. The summed E-state index contributed by atoms with van der Waals surface area (Å²) in [6, 6.07) is 8.94. The molecule has 0 aliphatic carbocycles. The summed E-state index contributed by atoms with van der Waals surface area (Å²) in [6.07, 6.45) is 3.39. The maximum Gasteiger partial charge on any atom is 0.324 e. The number of anilines is 3. The number of nitrogens with one attached hydrogen (secondary N) is 3. The standard InChI is InChI=1S/C27H33N7O3/c1-19(34-10-12-36-13-11-34)16-28-25-29-17-21(18-30-25)9-8-20-6-5-7-22(14-20)31-26(35)32-24-15-23(37-33-24)27(2,3)4/h5-7,14-15,17-19H,10-13,16H2,1-4H3,(H,28,29,30)(H2,31,32,33,35).